The highest BCUT2D eigenvalue weighted by Crippen LogP contribution is 2.24. The van der Waals surface area contributed by atoms with Gasteiger partial charge in [-0.3, -0.25) is 50.0 Å². The Morgan fingerprint density at radius 1 is 0.667 bits per heavy atom. The van der Waals surface area contributed by atoms with Crippen LogP contribution in [0.15, 0.2) is 46.6 Å². The SMILES string of the molecule is O=C(CCC(=O)N/N=C/c1ccc([N+](=O)[O-])cc1[N+](=O)[O-])N/N=C/c1ccc([N+](=O)[O-])cc1[N+](=O)[O-]. The maximum atomic E-state index is 11.8. The number of rotatable bonds is 11. The maximum absolute atomic E-state index is 11.8. The van der Waals surface area contributed by atoms with Crippen LogP contribution in [0.3, 0.4) is 0 Å². The Kier molecular flexibility index (Phi) is 8.84. The van der Waals surface area contributed by atoms with E-state index in [-0.39, 0.29) is 24.0 Å². The van der Waals surface area contributed by atoms with Crippen LogP contribution in [0.4, 0.5) is 22.7 Å². The van der Waals surface area contributed by atoms with E-state index in [1.165, 1.54) is 0 Å². The van der Waals surface area contributed by atoms with E-state index in [2.05, 4.69) is 10.2 Å². The second-order valence-corrected chi connectivity index (χ2v) is 6.60. The first-order chi connectivity index (χ1) is 17.0. The average molecular weight is 502 g/mol. The largest absolute Gasteiger partial charge is 0.285 e. The summed E-state index contributed by atoms with van der Waals surface area (Å²) in [5, 5.41) is 50.6. The first-order valence-corrected chi connectivity index (χ1v) is 9.49. The third-order valence-corrected chi connectivity index (χ3v) is 4.21. The summed E-state index contributed by atoms with van der Waals surface area (Å²) in [7, 11) is 0. The summed E-state index contributed by atoms with van der Waals surface area (Å²) in [6.07, 6.45) is 1.06. The predicted molar refractivity (Wildman–Crippen MR) is 120 cm³/mol. The number of hydrogen-bond donors (Lipinski definition) is 2. The molecule has 0 fully saturated rings. The molecule has 0 aliphatic carbocycles. The number of amides is 2. The van der Waals surface area contributed by atoms with Crippen LogP contribution in [0.25, 0.3) is 0 Å². The lowest BCUT2D eigenvalue weighted by Crippen LogP contribution is -2.23. The van der Waals surface area contributed by atoms with Crippen LogP contribution in [-0.2, 0) is 9.59 Å². The molecule has 18 heteroatoms. The highest BCUT2D eigenvalue weighted by Gasteiger charge is 2.19. The molecule has 2 amide bonds. The minimum absolute atomic E-state index is 0.113. The molecule has 2 N–H and O–H groups in total. The molecule has 36 heavy (non-hydrogen) atoms. The monoisotopic (exact) mass is 502 g/mol. The number of nitro groups is 4. The number of benzene rings is 2. The predicted octanol–water partition coefficient (Wildman–Crippen LogP) is 1.70. The van der Waals surface area contributed by atoms with Crippen molar-refractivity contribution in [2.24, 2.45) is 10.2 Å². The number of carbonyl (C=O) groups is 2. The zero-order valence-electron chi connectivity index (χ0n) is 17.8. The Labute approximate surface area is 198 Å². The molecule has 0 heterocycles. The molecule has 186 valence electrons. The van der Waals surface area contributed by atoms with Gasteiger partial charge in [0.1, 0.15) is 0 Å². The summed E-state index contributed by atoms with van der Waals surface area (Å²) in [6, 6.07) is 5.66. The highest BCUT2D eigenvalue weighted by atomic mass is 16.6. The van der Waals surface area contributed by atoms with Crippen molar-refractivity contribution in [2.45, 2.75) is 12.8 Å². The fourth-order valence-electron chi connectivity index (χ4n) is 2.51. The van der Waals surface area contributed by atoms with Crippen molar-refractivity contribution in [1.29, 1.82) is 0 Å². The van der Waals surface area contributed by atoms with Crippen LogP contribution >= 0.6 is 0 Å². The summed E-state index contributed by atoms with van der Waals surface area (Å²) in [5.41, 5.74) is 1.63. The van der Waals surface area contributed by atoms with Gasteiger partial charge in [-0.15, -0.1) is 0 Å². The Hall–Kier alpha value is -5.68. The normalized spacial score (nSPS) is 10.8. The zero-order chi connectivity index (χ0) is 26.8. The highest BCUT2D eigenvalue weighted by molar-refractivity contribution is 5.89. The van der Waals surface area contributed by atoms with Gasteiger partial charge < -0.3 is 0 Å². The molecule has 18 nitrogen and oxygen atoms in total. The molecule has 0 saturated carbocycles. The topological polar surface area (TPSA) is 255 Å². The lowest BCUT2D eigenvalue weighted by Gasteiger charge is -2.01. The van der Waals surface area contributed by atoms with Gasteiger partial charge >= 0.3 is 0 Å². The number of hydrogen-bond acceptors (Lipinski definition) is 12. The second-order valence-electron chi connectivity index (χ2n) is 6.60. The maximum Gasteiger partial charge on any atom is 0.285 e. The van der Waals surface area contributed by atoms with Gasteiger partial charge in [-0.2, -0.15) is 10.2 Å². The molecule has 2 rings (SSSR count). The fourth-order valence-corrected chi connectivity index (χ4v) is 2.51. The van der Waals surface area contributed by atoms with Crippen molar-refractivity contribution in [3.05, 3.63) is 88.0 Å². The van der Waals surface area contributed by atoms with E-state index >= 15 is 0 Å². The minimum atomic E-state index is -0.855. The Bertz CT molecular complexity index is 1210. The smallest absolute Gasteiger partial charge is 0.273 e. The molecule has 0 bridgehead atoms. The summed E-state index contributed by atoms with van der Waals surface area (Å²) in [6.45, 7) is 0. The van der Waals surface area contributed by atoms with E-state index in [0.29, 0.717) is 0 Å². The molecule has 0 atom stereocenters. The first-order valence-electron chi connectivity index (χ1n) is 9.49. The third kappa shape index (κ3) is 7.43. The molecule has 2 aromatic rings. The van der Waals surface area contributed by atoms with Gasteiger partial charge in [-0.05, 0) is 12.1 Å². The molecule has 0 aromatic heterocycles. The fraction of sp³-hybridized carbons (Fsp3) is 0.111. The molecular formula is C18H14N8O10. The summed E-state index contributed by atoms with van der Waals surface area (Å²) >= 11 is 0. The van der Waals surface area contributed by atoms with Gasteiger partial charge in [0.2, 0.25) is 11.8 Å². The second kappa shape index (κ2) is 12.0. The van der Waals surface area contributed by atoms with Crippen molar-refractivity contribution >= 4 is 47.0 Å². The number of carbonyl (C=O) groups excluding carboxylic acids is 2. The third-order valence-electron chi connectivity index (χ3n) is 4.21. The molecule has 0 saturated heterocycles. The van der Waals surface area contributed by atoms with Crippen LogP contribution in [0.5, 0.6) is 0 Å². The molecule has 0 aliphatic rings. The number of hydrazone groups is 2. The molecule has 0 unspecified atom stereocenters. The number of nitrogens with one attached hydrogen (secondary N) is 2. The minimum Gasteiger partial charge on any atom is -0.273 e. The number of nitro benzene ring substituents is 4. The van der Waals surface area contributed by atoms with E-state index in [1.54, 1.807) is 0 Å². The lowest BCUT2D eigenvalue weighted by atomic mass is 10.2. The van der Waals surface area contributed by atoms with Crippen molar-refractivity contribution < 1.29 is 29.3 Å². The van der Waals surface area contributed by atoms with Gasteiger partial charge in [0.25, 0.3) is 22.7 Å². The molecule has 0 spiro atoms. The van der Waals surface area contributed by atoms with Crippen LogP contribution in [0, 0.1) is 40.5 Å². The van der Waals surface area contributed by atoms with Gasteiger partial charge in [-0.25, -0.2) is 10.9 Å². The Morgan fingerprint density at radius 3 is 1.33 bits per heavy atom. The summed E-state index contributed by atoms with van der Waals surface area (Å²) in [5.74, 6) is -1.50. The van der Waals surface area contributed by atoms with Gasteiger partial charge in [-0.1, -0.05) is 0 Å². The molecule has 2 aromatic carbocycles. The van der Waals surface area contributed by atoms with Crippen molar-refractivity contribution in [3.63, 3.8) is 0 Å². The van der Waals surface area contributed by atoms with E-state index in [0.717, 1.165) is 48.8 Å². The number of non-ortho nitro benzene ring substituents is 2. The lowest BCUT2D eigenvalue weighted by molar-refractivity contribution is -0.394. The van der Waals surface area contributed by atoms with E-state index in [1.807, 2.05) is 10.9 Å². The van der Waals surface area contributed by atoms with Crippen LogP contribution < -0.4 is 10.9 Å². The molecule has 0 aliphatic heterocycles. The van der Waals surface area contributed by atoms with E-state index in [4.69, 9.17) is 0 Å². The van der Waals surface area contributed by atoms with Crippen molar-refractivity contribution in [1.82, 2.24) is 10.9 Å². The van der Waals surface area contributed by atoms with Crippen molar-refractivity contribution in [2.75, 3.05) is 0 Å². The standard InChI is InChI=1S/C18H14N8O10/c27-17(21-19-9-11-1-3-13(23(29)30)7-15(11)25(33)34)5-6-18(28)22-20-10-12-2-4-14(24(31)32)8-16(12)26(35)36/h1-4,7-10H,5-6H2,(H,21,27)(H,22,28)/b19-9+,20-10+. The van der Waals surface area contributed by atoms with E-state index < -0.39 is 54.3 Å². The first kappa shape index (κ1) is 26.6. The summed E-state index contributed by atoms with van der Waals surface area (Å²) < 4.78 is 0. The zero-order valence-corrected chi connectivity index (χ0v) is 17.8. The quantitative estimate of drug-likeness (QED) is 0.255. The van der Waals surface area contributed by atoms with Gasteiger partial charge in [0, 0.05) is 25.0 Å². The average Bonchev–Trinajstić information content (AvgIpc) is 2.82. The van der Waals surface area contributed by atoms with Crippen LogP contribution in [0.1, 0.15) is 24.0 Å². The van der Waals surface area contributed by atoms with Crippen LogP contribution in [-0.4, -0.2) is 43.9 Å². The Morgan fingerprint density at radius 2 is 1.03 bits per heavy atom. The molecule has 0 radical (unpaired) electrons. The van der Waals surface area contributed by atoms with Crippen LogP contribution in [0.2, 0.25) is 0 Å². The molecular weight excluding hydrogens is 488 g/mol. The van der Waals surface area contributed by atoms with Crippen molar-refractivity contribution in [3.8, 4) is 0 Å². The number of nitrogens with zero attached hydrogens (tertiary/aromatic N) is 6. The summed E-state index contributed by atoms with van der Waals surface area (Å²) in [4.78, 5) is 63.9. The van der Waals surface area contributed by atoms with E-state index in [9.17, 15) is 50.0 Å². The van der Waals surface area contributed by atoms with Gasteiger partial charge in [0.15, 0.2) is 0 Å². The van der Waals surface area contributed by atoms with Gasteiger partial charge in [0.05, 0.1) is 55.4 Å². The Balaban J connectivity index is 1.89.